The zero-order chi connectivity index (χ0) is 29.0. The monoisotopic (exact) mass is 570 g/mol. The SMILES string of the molecule is CN1CCC[C@H]1COc1nc(N2CC3CCC(C2)N3CC(N)=O)c2ccc(-c3cc(O)cc4ccccc34)c(F)c2n1. The van der Waals surface area contributed by atoms with E-state index >= 15 is 4.39 Å². The highest BCUT2D eigenvalue weighted by Crippen LogP contribution is 2.40. The molecule has 3 aromatic carbocycles. The summed E-state index contributed by atoms with van der Waals surface area (Å²) in [5.41, 5.74) is 6.68. The molecule has 0 spiro atoms. The number of primary amides is 1. The summed E-state index contributed by atoms with van der Waals surface area (Å²) >= 11 is 0. The average molecular weight is 571 g/mol. The standard InChI is InChI=1S/C32H35FN6O3/c1-37-12-4-6-22(37)18-42-32-35-30-26(31(36-32)38-15-20-8-9-21(16-38)39(20)17-28(34)41)11-10-25(29(30)33)27-14-23(40)13-19-5-2-3-7-24(19)27/h2-3,5,7,10-11,13-14,20-22,40H,4,6,8-9,12,15-18H2,1H3,(H2,34,41)/t20?,21?,22-/m0/s1. The summed E-state index contributed by atoms with van der Waals surface area (Å²) in [6.45, 7) is 3.00. The minimum Gasteiger partial charge on any atom is -0.508 e. The van der Waals surface area contributed by atoms with Gasteiger partial charge in [-0.2, -0.15) is 9.97 Å². The van der Waals surface area contributed by atoms with E-state index in [9.17, 15) is 9.90 Å². The Hall–Kier alpha value is -4.02. The largest absolute Gasteiger partial charge is 0.508 e. The molecule has 3 saturated heterocycles. The van der Waals surface area contributed by atoms with Crippen molar-refractivity contribution in [3.8, 4) is 22.9 Å². The Labute approximate surface area is 243 Å². The lowest BCUT2D eigenvalue weighted by Gasteiger charge is -2.41. The molecule has 42 heavy (non-hydrogen) atoms. The van der Waals surface area contributed by atoms with Crippen LogP contribution in [0.4, 0.5) is 10.2 Å². The second-order valence-electron chi connectivity index (χ2n) is 11.9. The minimum atomic E-state index is -0.481. The normalized spacial score (nSPS) is 22.8. The maximum atomic E-state index is 16.6. The number of phenols is 1. The van der Waals surface area contributed by atoms with Crippen molar-refractivity contribution >= 4 is 33.4 Å². The lowest BCUT2D eigenvalue weighted by atomic mass is 9.96. The summed E-state index contributed by atoms with van der Waals surface area (Å²) in [6.07, 6.45) is 4.09. The van der Waals surface area contributed by atoms with Crippen molar-refractivity contribution in [1.82, 2.24) is 19.8 Å². The summed E-state index contributed by atoms with van der Waals surface area (Å²) in [6, 6.07) is 15.3. The number of fused-ring (bicyclic) bond motifs is 4. The molecule has 9 nitrogen and oxygen atoms in total. The topological polar surface area (TPSA) is 108 Å². The van der Waals surface area contributed by atoms with Gasteiger partial charge in [-0.25, -0.2) is 4.39 Å². The quantitative estimate of drug-likeness (QED) is 0.345. The number of ether oxygens (including phenoxy) is 1. The van der Waals surface area contributed by atoms with Crippen molar-refractivity contribution < 1.29 is 19.0 Å². The molecule has 1 aromatic heterocycles. The van der Waals surface area contributed by atoms with E-state index in [-0.39, 0.29) is 47.9 Å². The van der Waals surface area contributed by atoms with Crippen LogP contribution < -0.4 is 15.4 Å². The van der Waals surface area contributed by atoms with E-state index in [2.05, 4.69) is 26.7 Å². The molecule has 0 radical (unpaired) electrons. The van der Waals surface area contributed by atoms with E-state index in [4.69, 9.17) is 15.5 Å². The maximum Gasteiger partial charge on any atom is 0.319 e. The minimum absolute atomic E-state index is 0.0700. The van der Waals surface area contributed by atoms with E-state index in [0.29, 0.717) is 42.0 Å². The number of nitrogens with two attached hydrogens (primary N) is 1. The molecule has 2 bridgehead atoms. The lowest BCUT2D eigenvalue weighted by Crippen LogP contribution is -2.56. The van der Waals surface area contributed by atoms with Crippen molar-refractivity contribution in [2.45, 2.75) is 43.8 Å². The van der Waals surface area contributed by atoms with Gasteiger partial charge in [0.2, 0.25) is 5.91 Å². The van der Waals surface area contributed by atoms with E-state index in [1.54, 1.807) is 18.2 Å². The number of carbonyl (C=O) groups excluding carboxylic acids is 1. The fourth-order valence-corrected chi connectivity index (χ4v) is 7.12. The Bertz CT molecular complexity index is 1670. The van der Waals surface area contributed by atoms with Crippen LogP contribution in [-0.2, 0) is 4.79 Å². The highest BCUT2D eigenvalue weighted by atomic mass is 19.1. The number of carbonyl (C=O) groups is 1. The number of nitrogens with zero attached hydrogens (tertiary/aromatic N) is 5. The van der Waals surface area contributed by atoms with Crippen molar-refractivity contribution in [3.63, 3.8) is 0 Å². The zero-order valence-corrected chi connectivity index (χ0v) is 23.7. The van der Waals surface area contributed by atoms with E-state index < -0.39 is 5.82 Å². The molecule has 4 aromatic rings. The van der Waals surface area contributed by atoms with E-state index in [1.807, 2.05) is 30.3 Å². The molecule has 3 atom stereocenters. The molecule has 3 fully saturated rings. The number of hydrogen-bond acceptors (Lipinski definition) is 8. The molecule has 1 amide bonds. The maximum absolute atomic E-state index is 16.6. The molecule has 4 heterocycles. The second-order valence-corrected chi connectivity index (χ2v) is 11.9. The van der Waals surface area contributed by atoms with Gasteiger partial charge in [0, 0.05) is 42.2 Å². The van der Waals surface area contributed by atoms with Gasteiger partial charge in [-0.3, -0.25) is 9.69 Å². The third-order valence-corrected chi connectivity index (χ3v) is 9.25. The number of phenolic OH excluding ortho intramolecular Hbond substituents is 1. The Kier molecular flexibility index (Phi) is 6.82. The highest BCUT2D eigenvalue weighted by molar-refractivity contribution is 6.01. The molecular weight excluding hydrogens is 535 g/mol. The average Bonchev–Trinajstić information content (AvgIpc) is 3.47. The first-order valence-electron chi connectivity index (χ1n) is 14.7. The number of likely N-dealkylation sites (N-methyl/N-ethyl adjacent to an activating group) is 1. The molecule has 3 aliphatic heterocycles. The summed E-state index contributed by atoms with van der Waals surface area (Å²) in [4.78, 5) is 27.8. The Morgan fingerprint density at radius 2 is 1.83 bits per heavy atom. The number of aromatic nitrogens is 2. The predicted molar refractivity (Wildman–Crippen MR) is 160 cm³/mol. The van der Waals surface area contributed by atoms with Gasteiger partial charge >= 0.3 is 6.01 Å². The van der Waals surface area contributed by atoms with Gasteiger partial charge in [0.1, 0.15) is 23.7 Å². The molecule has 2 unspecified atom stereocenters. The molecule has 218 valence electrons. The fraction of sp³-hybridized carbons (Fsp3) is 0.406. The summed E-state index contributed by atoms with van der Waals surface area (Å²) in [5.74, 6) is -0.100. The molecular formula is C32H35FN6O3. The van der Waals surface area contributed by atoms with Crippen LogP contribution in [0.3, 0.4) is 0 Å². The molecule has 3 aliphatic rings. The Balaban J connectivity index is 1.32. The van der Waals surface area contributed by atoms with E-state index in [1.165, 1.54) is 0 Å². The fourth-order valence-electron chi connectivity index (χ4n) is 7.12. The van der Waals surface area contributed by atoms with Crippen LogP contribution in [0.5, 0.6) is 11.8 Å². The van der Waals surface area contributed by atoms with Crippen LogP contribution in [0.1, 0.15) is 25.7 Å². The Morgan fingerprint density at radius 1 is 1.05 bits per heavy atom. The number of aromatic hydroxyl groups is 1. The second kappa shape index (κ2) is 10.7. The number of amides is 1. The van der Waals surface area contributed by atoms with Gasteiger partial charge < -0.3 is 25.4 Å². The lowest BCUT2D eigenvalue weighted by molar-refractivity contribution is -0.120. The Morgan fingerprint density at radius 3 is 2.57 bits per heavy atom. The summed E-state index contributed by atoms with van der Waals surface area (Å²) in [5, 5.41) is 12.7. The van der Waals surface area contributed by atoms with Gasteiger partial charge in [0.25, 0.3) is 0 Å². The first-order valence-corrected chi connectivity index (χ1v) is 14.7. The first-order chi connectivity index (χ1) is 20.4. The van der Waals surface area contributed by atoms with Gasteiger partial charge in [-0.1, -0.05) is 30.3 Å². The molecule has 10 heteroatoms. The van der Waals surface area contributed by atoms with Crippen molar-refractivity contribution in [3.05, 3.63) is 54.3 Å². The summed E-state index contributed by atoms with van der Waals surface area (Å²) in [7, 11) is 2.08. The molecule has 0 aliphatic carbocycles. The van der Waals surface area contributed by atoms with Crippen LogP contribution in [0.2, 0.25) is 0 Å². The molecule has 0 saturated carbocycles. The van der Waals surface area contributed by atoms with Gasteiger partial charge in [0.15, 0.2) is 5.82 Å². The van der Waals surface area contributed by atoms with Crippen molar-refractivity contribution in [1.29, 1.82) is 0 Å². The number of rotatable bonds is 7. The number of anilines is 1. The van der Waals surface area contributed by atoms with E-state index in [0.717, 1.165) is 43.0 Å². The van der Waals surface area contributed by atoms with Crippen LogP contribution in [0.15, 0.2) is 48.5 Å². The number of piperazine rings is 1. The smallest absolute Gasteiger partial charge is 0.319 e. The van der Waals surface area contributed by atoms with Crippen molar-refractivity contribution in [2.75, 3.05) is 44.7 Å². The van der Waals surface area contributed by atoms with Crippen LogP contribution in [0.25, 0.3) is 32.8 Å². The predicted octanol–water partition coefficient (Wildman–Crippen LogP) is 3.91. The summed E-state index contributed by atoms with van der Waals surface area (Å²) < 4.78 is 22.8. The number of likely N-dealkylation sites (tertiary alicyclic amines) is 1. The third-order valence-electron chi connectivity index (χ3n) is 9.25. The molecule has 3 N–H and O–H groups in total. The van der Waals surface area contributed by atoms with Crippen LogP contribution in [-0.4, -0.2) is 88.7 Å². The van der Waals surface area contributed by atoms with Crippen LogP contribution in [0, 0.1) is 5.82 Å². The van der Waals surface area contributed by atoms with Gasteiger partial charge in [-0.15, -0.1) is 0 Å². The van der Waals surface area contributed by atoms with Gasteiger partial charge in [-0.05, 0) is 73.8 Å². The molecule has 7 rings (SSSR count). The zero-order valence-electron chi connectivity index (χ0n) is 23.7. The number of halogens is 1. The first kappa shape index (κ1) is 26.9. The number of benzene rings is 3. The van der Waals surface area contributed by atoms with Gasteiger partial charge in [0.05, 0.1) is 6.54 Å². The number of hydrogen-bond donors (Lipinski definition) is 2. The van der Waals surface area contributed by atoms with Crippen LogP contribution >= 0.6 is 0 Å². The van der Waals surface area contributed by atoms with Crippen molar-refractivity contribution in [2.24, 2.45) is 5.73 Å². The third kappa shape index (κ3) is 4.78. The highest BCUT2D eigenvalue weighted by Gasteiger charge is 2.41.